The third-order valence-corrected chi connectivity index (χ3v) is 6.36. The van der Waals surface area contributed by atoms with Crippen LogP contribution in [0.25, 0.3) is 16.8 Å². The lowest BCUT2D eigenvalue weighted by Gasteiger charge is -2.24. The van der Waals surface area contributed by atoms with E-state index in [0.717, 1.165) is 43.9 Å². The van der Waals surface area contributed by atoms with Crippen LogP contribution in [0, 0.1) is 13.8 Å². The number of aryl methyl sites for hydroxylation is 3. The van der Waals surface area contributed by atoms with E-state index in [4.69, 9.17) is 0 Å². The molecule has 1 N–H and O–H groups in total. The van der Waals surface area contributed by atoms with Gasteiger partial charge in [-0.05, 0) is 74.2 Å². The number of benzene rings is 2. The first-order chi connectivity index (χ1) is 14.6. The molecule has 5 nitrogen and oxygen atoms in total. The molecule has 0 saturated carbocycles. The van der Waals surface area contributed by atoms with E-state index in [1.54, 1.807) is 0 Å². The van der Waals surface area contributed by atoms with Crippen molar-refractivity contribution < 1.29 is 0 Å². The Morgan fingerprint density at radius 2 is 1.97 bits per heavy atom. The smallest absolute Gasteiger partial charge is 0.0918 e. The summed E-state index contributed by atoms with van der Waals surface area (Å²) in [5.41, 5.74) is 9.99. The first-order valence-corrected chi connectivity index (χ1v) is 10.8. The normalized spacial score (nSPS) is 18.9. The van der Waals surface area contributed by atoms with Crippen LogP contribution in [0.5, 0.6) is 0 Å². The van der Waals surface area contributed by atoms with Gasteiger partial charge in [-0.25, -0.2) is 4.68 Å². The maximum Gasteiger partial charge on any atom is 0.0918 e. The molecule has 1 atom stereocenters. The van der Waals surface area contributed by atoms with Crippen molar-refractivity contribution in [2.75, 3.05) is 25.5 Å². The molecule has 3 aromatic rings. The quantitative estimate of drug-likeness (QED) is 0.685. The first kappa shape index (κ1) is 19.1. The summed E-state index contributed by atoms with van der Waals surface area (Å²) < 4.78 is 2.07. The van der Waals surface area contributed by atoms with Gasteiger partial charge in [0, 0.05) is 30.9 Å². The Balaban J connectivity index is 1.59. The Labute approximate surface area is 178 Å². The molecule has 0 spiro atoms. The van der Waals surface area contributed by atoms with E-state index in [1.807, 2.05) is 0 Å². The van der Waals surface area contributed by atoms with E-state index < -0.39 is 0 Å². The Morgan fingerprint density at radius 3 is 2.77 bits per heavy atom. The molecule has 30 heavy (non-hydrogen) atoms. The van der Waals surface area contributed by atoms with Crippen molar-refractivity contribution in [3.63, 3.8) is 0 Å². The van der Waals surface area contributed by atoms with Crippen LogP contribution in [0.1, 0.15) is 41.3 Å². The van der Waals surface area contributed by atoms with Crippen LogP contribution in [-0.4, -0.2) is 40.0 Å². The zero-order valence-corrected chi connectivity index (χ0v) is 18.0. The molecule has 2 aromatic carbocycles. The van der Waals surface area contributed by atoms with Crippen molar-refractivity contribution in [2.45, 2.75) is 39.3 Å². The molecule has 2 aliphatic rings. The maximum absolute atomic E-state index is 4.41. The number of hydrogen-bond donors (Lipinski definition) is 1. The molecule has 0 fully saturated rings. The molecular weight excluding hydrogens is 370 g/mol. The lowest BCUT2D eigenvalue weighted by atomic mass is 9.90. The van der Waals surface area contributed by atoms with Crippen molar-refractivity contribution >= 4 is 11.3 Å². The Kier molecular flexibility index (Phi) is 4.91. The Hall–Kier alpha value is -2.92. The lowest BCUT2D eigenvalue weighted by Crippen LogP contribution is -2.23. The molecule has 2 aliphatic heterocycles. The number of fused-ring (bicyclic) bond motifs is 3. The zero-order chi connectivity index (χ0) is 20.7. The van der Waals surface area contributed by atoms with Crippen molar-refractivity contribution in [3.8, 4) is 11.3 Å². The highest BCUT2D eigenvalue weighted by atomic mass is 15.4. The number of anilines is 1. The van der Waals surface area contributed by atoms with Gasteiger partial charge in [0.2, 0.25) is 0 Å². The van der Waals surface area contributed by atoms with Crippen LogP contribution < -0.4 is 5.32 Å². The van der Waals surface area contributed by atoms with Gasteiger partial charge in [-0.1, -0.05) is 35.6 Å². The predicted molar refractivity (Wildman–Crippen MR) is 122 cm³/mol. The van der Waals surface area contributed by atoms with E-state index in [2.05, 4.69) is 94.6 Å². The molecule has 0 saturated heterocycles. The van der Waals surface area contributed by atoms with Crippen molar-refractivity contribution in [1.29, 1.82) is 0 Å². The zero-order valence-electron chi connectivity index (χ0n) is 18.0. The summed E-state index contributed by atoms with van der Waals surface area (Å²) in [5, 5.41) is 12.6. The number of nitrogens with zero attached hydrogens (tertiary/aromatic N) is 4. The van der Waals surface area contributed by atoms with Gasteiger partial charge in [0.05, 0.1) is 17.4 Å². The minimum atomic E-state index is 0.231. The van der Waals surface area contributed by atoms with Crippen LogP contribution in [0.15, 0.2) is 48.5 Å². The van der Waals surface area contributed by atoms with Gasteiger partial charge in [-0.2, -0.15) is 0 Å². The van der Waals surface area contributed by atoms with Crippen LogP contribution in [0.4, 0.5) is 5.69 Å². The molecule has 0 radical (unpaired) electrons. The molecule has 3 heterocycles. The summed E-state index contributed by atoms with van der Waals surface area (Å²) in [6.45, 7) is 7.19. The third kappa shape index (κ3) is 3.54. The van der Waals surface area contributed by atoms with Crippen LogP contribution in [0.2, 0.25) is 0 Å². The van der Waals surface area contributed by atoms with Gasteiger partial charge in [0.1, 0.15) is 0 Å². The van der Waals surface area contributed by atoms with Crippen molar-refractivity contribution in [1.82, 2.24) is 19.9 Å². The van der Waals surface area contributed by atoms with E-state index in [0.29, 0.717) is 0 Å². The second kappa shape index (κ2) is 7.73. The third-order valence-electron chi connectivity index (χ3n) is 6.36. The van der Waals surface area contributed by atoms with Gasteiger partial charge < -0.3 is 10.2 Å². The summed E-state index contributed by atoms with van der Waals surface area (Å²) in [5.74, 6) is 0. The average Bonchev–Trinajstić information content (AvgIpc) is 3.03. The summed E-state index contributed by atoms with van der Waals surface area (Å²) in [6.07, 6.45) is 4.45. The topological polar surface area (TPSA) is 46.0 Å². The molecule has 0 aliphatic carbocycles. The summed E-state index contributed by atoms with van der Waals surface area (Å²) in [4.78, 5) is 2.36. The fourth-order valence-electron chi connectivity index (χ4n) is 4.68. The summed E-state index contributed by atoms with van der Waals surface area (Å²) in [7, 11) is 2.18. The first-order valence-electron chi connectivity index (χ1n) is 10.8. The second-order valence-electron chi connectivity index (χ2n) is 8.65. The van der Waals surface area contributed by atoms with Gasteiger partial charge in [-0.3, -0.25) is 0 Å². The predicted octanol–water partition coefficient (Wildman–Crippen LogP) is 4.84. The van der Waals surface area contributed by atoms with E-state index in [1.165, 1.54) is 33.5 Å². The van der Waals surface area contributed by atoms with Crippen LogP contribution >= 0.6 is 0 Å². The molecule has 0 amide bonds. The molecule has 1 unspecified atom stereocenters. The number of nitrogens with one attached hydrogen (secondary N) is 1. The van der Waals surface area contributed by atoms with E-state index in [-0.39, 0.29) is 6.04 Å². The summed E-state index contributed by atoms with van der Waals surface area (Å²) in [6, 6.07) is 15.8. The minimum absolute atomic E-state index is 0.231. The highest BCUT2D eigenvalue weighted by Crippen LogP contribution is 2.38. The Bertz CT molecular complexity index is 1110. The maximum atomic E-state index is 4.41. The van der Waals surface area contributed by atoms with Gasteiger partial charge in [-0.15, -0.1) is 5.10 Å². The van der Waals surface area contributed by atoms with E-state index >= 15 is 0 Å². The highest BCUT2D eigenvalue weighted by Gasteiger charge is 2.26. The second-order valence-corrected chi connectivity index (χ2v) is 8.65. The largest absolute Gasteiger partial charge is 0.378 e. The fraction of sp³-hybridized carbons (Fsp3) is 0.360. The lowest BCUT2D eigenvalue weighted by molar-refractivity contribution is 0.370. The molecule has 5 heteroatoms. The van der Waals surface area contributed by atoms with Gasteiger partial charge >= 0.3 is 0 Å². The average molecular weight is 400 g/mol. The fourth-order valence-corrected chi connectivity index (χ4v) is 4.68. The van der Waals surface area contributed by atoms with Crippen molar-refractivity contribution in [2.24, 2.45) is 0 Å². The molecular formula is C25H29N5. The molecule has 5 rings (SSSR count). The van der Waals surface area contributed by atoms with Gasteiger partial charge in [0.25, 0.3) is 0 Å². The van der Waals surface area contributed by atoms with E-state index in [9.17, 15) is 0 Å². The van der Waals surface area contributed by atoms with Crippen molar-refractivity contribution in [3.05, 3.63) is 70.9 Å². The monoisotopic (exact) mass is 399 g/mol. The van der Waals surface area contributed by atoms with Gasteiger partial charge in [0.15, 0.2) is 0 Å². The Morgan fingerprint density at radius 1 is 1.07 bits per heavy atom. The number of rotatable bonds is 3. The highest BCUT2D eigenvalue weighted by molar-refractivity contribution is 5.74. The molecule has 1 aromatic heterocycles. The number of aromatic nitrogens is 3. The standard InChI is InChI=1S/C25H29N5/c1-17-5-4-6-21(15-17)26-24-11-14-30-25(18(2)27-28-30)22-8-7-20(16-23(22)24)19-9-12-29(3)13-10-19/h4-9,15-16,24,26H,10-14H2,1-3H3. The number of likely N-dealkylation sites (N-methyl/N-ethyl adjacent to an activating group) is 1. The molecule has 0 bridgehead atoms. The van der Waals surface area contributed by atoms with Crippen LogP contribution in [0.3, 0.4) is 0 Å². The minimum Gasteiger partial charge on any atom is -0.378 e. The summed E-state index contributed by atoms with van der Waals surface area (Å²) >= 11 is 0. The molecule has 154 valence electrons. The van der Waals surface area contributed by atoms with Crippen LogP contribution in [-0.2, 0) is 6.54 Å². The number of hydrogen-bond acceptors (Lipinski definition) is 4. The SMILES string of the molecule is Cc1cccc(NC2CCn3nnc(C)c3-c3ccc(C4=CCN(C)CC4)cc32)c1.